The highest BCUT2D eigenvalue weighted by molar-refractivity contribution is 9.10. The third-order valence-electron chi connectivity index (χ3n) is 1.93. The van der Waals surface area contributed by atoms with Crippen molar-refractivity contribution in [1.29, 1.82) is 10.8 Å². The van der Waals surface area contributed by atoms with Gasteiger partial charge >= 0.3 is 0 Å². The summed E-state index contributed by atoms with van der Waals surface area (Å²) in [5.74, 6) is 0. The lowest BCUT2D eigenvalue weighted by atomic mass is 10.1. The standard InChI is InChI=1S/C7H8Br2F2N2/c8-2-1-3(12)7(13)4(9)6(11)5(2)10/h2,4-6,12-13H,1H2. The van der Waals surface area contributed by atoms with Crippen LogP contribution in [0.5, 0.6) is 0 Å². The first-order valence-corrected chi connectivity index (χ1v) is 5.50. The van der Waals surface area contributed by atoms with Crippen LogP contribution in [0.2, 0.25) is 0 Å². The molecule has 0 heterocycles. The maximum Gasteiger partial charge on any atom is 0.150 e. The number of halogens is 4. The van der Waals surface area contributed by atoms with Crippen LogP contribution in [0.25, 0.3) is 0 Å². The molecule has 0 aromatic heterocycles. The van der Waals surface area contributed by atoms with Crippen LogP contribution in [-0.4, -0.2) is 33.4 Å². The monoisotopic (exact) mass is 316 g/mol. The quantitative estimate of drug-likeness (QED) is 0.510. The van der Waals surface area contributed by atoms with E-state index in [1.165, 1.54) is 0 Å². The molecule has 4 atom stereocenters. The summed E-state index contributed by atoms with van der Waals surface area (Å²) in [6.45, 7) is 0. The lowest BCUT2D eigenvalue weighted by Crippen LogP contribution is -2.34. The van der Waals surface area contributed by atoms with Gasteiger partial charge in [0.1, 0.15) is 6.17 Å². The largest absolute Gasteiger partial charge is 0.303 e. The summed E-state index contributed by atoms with van der Waals surface area (Å²) >= 11 is 5.84. The Kier molecular flexibility index (Phi) is 3.57. The number of rotatable bonds is 0. The van der Waals surface area contributed by atoms with Crippen molar-refractivity contribution in [3.05, 3.63) is 0 Å². The Balaban J connectivity index is 2.92. The maximum atomic E-state index is 13.2. The van der Waals surface area contributed by atoms with Crippen LogP contribution in [0.4, 0.5) is 8.78 Å². The Labute approximate surface area is 91.4 Å². The predicted molar refractivity (Wildman–Crippen MR) is 55.3 cm³/mol. The summed E-state index contributed by atoms with van der Waals surface area (Å²) in [6, 6.07) is 0. The van der Waals surface area contributed by atoms with Crippen LogP contribution in [0.1, 0.15) is 6.42 Å². The number of nitrogens with one attached hydrogen (secondary N) is 2. The fourth-order valence-corrected chi connectivity index (χ4v) is 2.29. The predicted octanol–water partition coefficient (Wildman–Crippen LogP) is 2.63. The molecule has 0 spiro atoms. The minimum absolute atomic E-state index is 0.0217. The molecule has 2 nitrogen and oxygen atoms in total. The van der Waals surface area contributed by atoms with Gasteiger partial charge in [-0.2, -0.15) is 0 Å². The van der Waals surface area contributed by atoms with Crippen molar-refractivity contribution in [2.24, 2.45) is 0 Å². The van der Waals surface area contributed by atoms with Crippen LogP contribution in [0.3, 0.4) is 0 Å². The van der Waals surface area contributed by atoms with Gasteiger partial charge < -0.3 is 10.8 Å². The molecule has 74 valence electrons. The third-order valence-corrected chi connectivity index (χ3v) is 3.72. The molecule has 0 aromatic carbocycles. The average molecular weight is 318 g/mol. The van der Waals surface area contributed by atoms with Gasteiger partial charge in [-0.3, -0.25) is 0 Å². The van der Waals surface area contributed by atoms with E-state index in [4.69, 9.17) is 10.8 Å². The Morgan fingerprint density at radius 3 is 2.23 bits per heavy atom. The summed E-state index contributed by atoms with van der Waals surface area (Å²) in [6.07, 6.45) is -3.38. The molecule has 4 unspecified atom stereocenters. The Morgan fingerprint density at radius 1 is 1.15 bits per heavy atom. The van der Waals surface area contributed by atoms with Gasteiger partial charge in [0.25, 0.3) is 0 Å². The van der Waals surface area contributed by atoms with Crippen molar-refractivity contribution in [1.82, 2.24) is 0 Å². The normalized spacial score (nSPS) is 41.8. The second kappa shape index (κ2) is 4.13. The number of hydrogen-bond donors (Lipinski definition) is 2. The van der Waals surface area contributed by atoms with E-state index in [-0.39, 0.29) is 17.8 Å². The molecular weight excluding hydrogens is 310 g/mol. The zero-order valence-electron chi connectivity index (χ0n) is 6.53. The molecule has 1 saturated carbocycles. The first-order chi connectivity index (χ1) is 5.95. The molecule has 0 aromatic rings. The molecule has 1 aliphatic carbocycles. The van der Waals surface area contributed by atoms with Crippen molar-refractivity contribution in [3.63, 3.8) is 0 Å². The van der Waals surface area contributed by atoms with E-state index in [1.54, 1.807) is 0 Å². The average Bonchev–Trinajstić information content (AvgIpc) is 2.15. The molecule has 6 heteroatoms. The zero-order chi connectivity index (χ0) is 10.2. The van der Waals surface area contributed by atoms with Gasteiger partial charge in [0, 0.05) is 6.42 Å². The minimum atomic E-state index is -1.76. The Bertz CT molecular complexity index is 247. The highest BCUT2D eigenvalue weighted by atomic mass is 79.9. The molecule has 13 heavy (non-hydrogen) atoms. The molecule has 1 fully saturated rings. The fourth-order valence-electron chi connectivity index (χ4n) is 1.10. The topological polar surface area (TPSA) is 47.7 Å². The van der Waals surface area contributed by atoms with E-state index < -0.39 is 22.0 Å². The van der Waals surface area contributed by atoms with Crippen LogP contribution in [0.15, 0.2) is 0 Å². The van der Waals surface area contributed by atoms with E-state index in [0.29, 0.717) is 0 Å². The van der Waals surface area contributed by atoms with Crippen LogP contribution < -0.4 is 0 Å². The SMILES string of the molecule is N=C1CC(Br)C(F)C(F)C(Br)C1=N. The smallest absolute Gasteiger partial charge is 0.150 e. The molecular formula is C7H8Br2F2N2. The first kappa shape index (κ1) is 11.2. The van der Waals surface area contributed by atoms with Crippen LogP contribution in [-0.2, 0) is 0 Å². The van der Waals surface area contributed by atoms with Crippen molar-refractivity contribution in [2.75, 3.05) is 0 Å². The summed E-state index contributed by atoms with van der Waals surface area (Å²) in [5.41, 5.74) is -0.191. The van der Waals surface area contributed by atoms with E-state index in [2.05, 4.69) is 31.9 Å². The van der Waals surface area contributed by atoms with Crippen molar-refractivity contribution < 1.29 is 8.78 Å². The molecule has 0 amide bonds. The van der Waals surface area contributed by atoms with Gasteiger partial charge in [0.15, 0.2) is 6.17 Å². The van der Waals surface area contributed by atoms with Crippen LogP contribution in [0, 0.1) is 10.8 Å². The molecule has 0 aliphatic heterocycles. The Hall–Kier alpha value is 0.160. The lowest BCUT2D eigenvalue weighted by molar-refractivity contribution is 0.179. The van der Waals surface area contributed by atoms with Gasteiger partial charge in [-0.1, -0.05) is 31.9 Å². The van der Waals surface area contributed by atoms with E-state index in [1.807, 2.05) is 0 Å². The zero-order valence-corrected chi connectivity index (χ0v) is 9.70. The van der Waals surface area contributed by atoms with Gasteiger partial charge in [-0.15, -0.1) is 0 Å². The van der Waals surface area contributed by atoms with Gasteiger partial charge in [0.2, 0.25) is 0 Å². The molecule has 0 radical (unpaired) electrons. The van der Waals surface area contributed by atoms with Crippen LogP contribution >= 0.6 is 31.9 Å². The van der Waals surface area contributed by atoms with E-state index in [9.17, 15) is 8.78 Å². The Morgan fingerprint density at radius 2 is 1.69 bits per heavy atom. The van der Waals surface area contributed by atoms with Crippen molar-refractivity contribution in [3.8, 4) is 0 Å². The summed E-state index contributed by atoms with van der Waals surface area (Å²) in [5, 5.41) is 14.7. The molecule has 0 bridgehead atoms. The molecule has 1 rings (SSSR count). The van der Waals surface area contributed by atoms with Gasteiger partial charge in [-0.05, 0) is 0 Å². The van der Waals surface area contributed by atoms with Crippen molar-refractivity contribution >= 4 is 43.3 Å². The molecule has 1 aliphatic rings. The minimum Gasteiger partial charge on any atom is -0.303 e. The third kappa shape index (κ3) is 2.15. The summed E-state index contributed by atoms with van der Waals surface area (Å²) in [4.78, 5) is -1.71. The first-order valence-electron chi connectivity index (χ1n) is 3.67. The second-order valence-corrected chi connectivity index (χ2v) is 5.07. The molecule has 0 saturated heterocycles. The summed E-state index contributed by atoms with van der Waals surface area (Å²) < 4.78 is 26.4. The van der Waals surface area contributed by atoms with E-state index in [0.717, 1.165) is 0 Å². The number of alkyl halides is 4. The van der Waals surface area contributed by atoms with E-state index >= 15 is 0 Å². The molecule has 2 N–H and O–H groups in total. The lowest BCUT2D eigenvalue weighted by Gasteiger charge is -2.16. The highest BCUT2D eigenvalue weighted by Gasteiger charge is 2.40. The second-order valence-electron chi connectivity index (χ2n) is 2.90. The fraction of sp³-hybridized carbons (Fsp3) is 0.714. The summed E-state index contributed by atoms with van der Waals surface area (Å²) in [7, 11) is 0. The van der Waals surface area contributed by atoms with Crippen molar-refractivity contribution in [2.45, 2.75) is 28.4 Å². The maximum absolute atomic E-state index is 13.2. The van der Waals surface area contributed by atoms with Gasteiger partial charge in [0.05, 0.1) is 21.1 Å². The number of hydrogen-bond acceptors (Lipinski definition) is 2. The van der Waals surface area contributed by atoms with Gasteiger partial charge in [-0.25, -0.2) is 8.78 Å². The highest BCUT2D eigenvalue weighted by Crippen LogP contribution is 2.29.